The molecular weight excluding hydrogens is 372 g/mol. The van der Waals surface area contributed by atoms with Gasteiger partial charge in [0.1, 0.15) is 0 Å². The van der Waals surface area contributed by atoms with E-state index in [-0.39, 0.29) is 21.7 Å². The van der Waals surface area contributed by atoms with Crippen LogP contribution >= 0.6 is 0 Å². The van der Waals surface area contributed by atoms with Crippen LogP contribution in [0.4, 0.5) is 0 Å². The van der Waals surface area contributed by atoms with Gasteiger partial charge in [0, 0.05) is 0 Å². The Hall–Kier alpha value is -1.56. The Labute approximate surface area is 193 Å². The molecule has 0 saturated heterocycles. The summed E-state index contributed by atoms with van der Waals surface area (Å²) in [6.07, 6.45) is 1.08. The molecule has 0 aromatic heterocycles. The Kier molecular flexibility index (Phi) is 6.98. The summed E-state index contributed by atoms with van der Waals surface area (Å²) in [5.74, 6) is 0.489. The van der Waals surface area contributed by atoms with Crippen molar-refractivity contribution < 1.29 is 0 Å². The number of hydrogen-bond donors (Lipinski definition) is 0. The molecule has 2 aromatic carbocycles. The summed E-state index contributed by atoms with van der Waals surface area (Å²) >= 11 is 0. The molecule has 0 aliphatic rings. The highest BCUT2D eigenvalue weighted by Gasteiger charge is 2.30. The molecule has 2 aromatic rings. The smallest absolute Gasteiger partial charge is 0.0129 e. The normalized spacial score (nSPS) is 14.6. The summed E-state index contributed by atoms with van der Waals surface area (Å²) in [5, 5.41) is 0. The molecule has 0 radical (unpaired) electrons. The first kappa shape index (κ1) is 25.7. The van der Waals surface area contributed by atoms with Gasteiger partial charge in [-0.25, -0.2) is 0 Å². The summed E-state index contributed by atoms with van der Waals surface area (Å²) in [7, 11) is 0. The minimum Gasteiger partial charge on any atom is -0.0585 e. The second-order valence-corrected chi connectivity index (χ2v) is 13.8. The van der Waals surface area contributed by atoms with E-state index in [0.717, 1.165) is 6.42 Å². The first-order chi connectivity index (χ1) is 13.8. The highest BCUT2D eigenvalue weighted by Crippen LogP contribution is 2.40. The van der Waals surface area contributed by atoms with E-state index in [9.17, 15) is 0 Å². The first-order valence-corrected chi connectivity index (χ1v) is 12.1. The van der Waals surface area contributed by atoms with Gasteiger partial charge < -0.3 is 0 Å². The fraction of sp³-hybridized carbons (Fsp3) is 0.613. The van der Waals surface area contributed by atoms with Gasteiger partial charge in [-0.1, -0.05) is 126 Å². The molecule has 31 heavy (non-hydrogen) atoms. The molecule has 0 heterocycles. The molecule has 0 fully saturated rings. The molecule has 0 saturated carbocycles. The SMILES string of the molecule is CC(Cc1cc(C(C)(C)C)c(C(C)(C)C)cc1C(C)(C)C)c1ccc(C(C)(C)C)cc1. The summed E-state index contributed by atoms with van der Waals surface area (Å²) in [6.45, 7) is 30.4. The van der Waals surface area contributed by atoms with Crippen molar-refractivity contribution in [2.75, 3.05) is 0 Å². The van der Waals surface area contributed by atoms with E-state index in [1.54, 1.807) is 0 Å². The number of rotatable bonds is 3. The Morgan fingerprint density at radius 3 is 1.35 bits per heavy atom. The molecule has 1 unspecified atom stereocenters. The molecule has 172 valence electrons. The van der Waals surface area contributed by atoms with Gasteiger partial charge in [0.15, 0.2) is 0 Å². The van der Waals surface area contributed by atoms with E-state index < -0.39 is 0 Å². The molecule has 0 N–H and O–H groups in total. The molecule has 0 nitrogen and oxygen atoms in total. The van der Waals surface area contributed by atoms with Crippen molar-refractivity contribution in [3.05, 3.63) is 69.8 Å². The topological polar surface area (TPSA) is 0 Å². The first-order valence-electron chi connectivity index (χ1n) is 12.1. The fourth-order valence-corrected chi connectivity index (χ4v) is 4.51. The lowest BCUT2D eigenvalue weighted by Crippen LogP contribution is -2.25. The van der Waals surface area contributed by atoms with Crippen LogP contribution in [0.15, 0.2) is 36.4 Å². The molecule has 2 rings (SSSR count). The van der Waals surface area contributed by atoms with Crippen LogP contribution < -0.4 is 0 Å². The van der Waals surface area contributed by atoms with Crippen LogP contribution in [0.5, 0.6) is 0 Å². The van der Waals surface area contributed by atoms with Crippen LogP contribution in [-0.2, 0) is 28.1 Å². The van der Waals surface area contributed by atoms with Gasteiger partial charge in [-0.05, 0) is 67.4 Å². The van der Waals surface area contributed by atoms with Gasteiger partial charge >= 0.3 is 0 Å². The summed E-state index contributed by atoms with van der Waals surface area (Å²) < 4.78 is 0. The van der Waals surface area contributed by atoms with E-state index in [4.69, 9.17) is 0 Å². The van der Waals surface area contributed by atoms with Crippen LogP contribution in [0.25, 0.3) is 0 Å². The maximum absolute atomic E-state index is 2.54. The van der Waals surface area contributed by atoms with Gasteiger partial charge in [-0.3, -0.25) is 0 Å². The molecule has 0 bridgehead atoms. The maximum atomic E-state index is 2.54. The van der Waals surface area contributed by atoms with E-state index in [1.165, 1.54) is 33.4 Å². The zero-order valence-corrected chi connectivity index (χ0v) is 22.7. The number of hydrogen-bond acceptors (Lipinski definition) is 0. The van der Waals surface area contributed by atoms with Crippen LogP contribution in [0.3, 0.4) is 0 Å². The van der Waals surface area contributed by atoms with Crippen molar-refractivity contribution in [2.45, 2.75) is 124 Å². The monoisotopic (exact) mass is 420 g/mol. The van der Waals surface area contributed by atoms with Crippen LogP contribution in [0, 0.1) is 0 Å². The molecule has 0 aliphatic heterocycles. The lowest BCUT2D eigenvalue weighted by molar-refractivity contribution is 0.518. The quantitative estimate of drug-likeness (QED) is 0.464. The zero-order chi connectivity index (χ0) is 24.0. The molecule has 0 amide bonds. The highest BCUT2D eigenvalue weighted by atomic mass is 14.3. The predicted molar refractivity (Wildman–Crippen MR) is 140 cm³/mol. The third-order valence-electron chi connectivity index (χ3n) is 6.54. The Morgan fingerprint density at radius 2 is 0.968 bits per heavy atom. The molecule has 0 heteroatoms. The van der Waals surface area contributed by atoms with Crippen molar-refractivity contribution in [1.29, 1.82) is 0 Å². The minimum absolute atomic E-state index is 0.127. The van der Waals surface area contributed by atoms with Gasteiger partial charge in [-0.15, -0.1) is 0 Å². The van der Waals surface area contributed by atoms with Crippen molar-refractivity contribution in [3.63, 3.8) is 0 Å². The predicted octanol–water partition coefficient (Wildman–Crippen LogP) is 9.22. The van der Waals surface area contributed by atoms with Gasteiger partial charge in [-0.2, -0.15) is 0 Å². The summed E-state index contributed by atoms with van der Waals surface area (Å²) in [5.41, 5.74) is 9.44. The zero-order valence-electron chi connectivity index (χ0n) is 22.7. The van der Waals surface area contributed by atoms with Crippen LogP contribution in [-0.4, -0.2) is 0 Å². The second-order valence-electron chi connectivity index (χ2n) is 13.8. The Balaban J connectivity index is 2.56. The Bertz CT molecular complexity index is 882. The number of benzene rings is 2. The average Bonchev–Trinajstić information content (AvgIpc) is 2.58. The summed E-state index contributed by atoms with van der Waals surface area (Å²) in [6, 6.07) is 14.4. The third kappa shape index (κ3) is 6.24. The molecule has 0 aliphatic carbocycles. The molecule has 0 spiro atoms. The fourth-order valence-electron chi connectivity index (χ4n) is 4.51. The van der Waals surface area contributed by atoms with Gasteiger partial charge in [0.05, 0.1) is 0 Å². The molecular formula is C31H48. The lowest BCUT2D eigenvalue weighted by Gasteiger charge is -2.35. The lowest BCUT2D eigenvalue weighted by atomic mass is 9.70. The van der Waals surface area contributed by atoms with Crippen LogP contribution in [0.1, 0.15) is 129 Å². The Morgan fingerprint density at radius 1 is 0.548 bits per heavy atom. The van der Waals surface area contributed by atoms with Crippen molar-refractivity contribution >= 4 is 0 Å². The van der Waals surface area contributed by atoms with E-state index in [0.29, 0.717) is 5.92 Å². The maximum Gasteiger partial charge on any atom is -0.0129 e. The van der Waals surface area contributed by atoms with Crippen molar-refractivity contribution in [2.24, 2.45) is 0 Å². The highest BCUT2D eigenvalue weighted by molar-refractivity contribution is 5.48. The van der Waals surface area contributed by atoms with E-state index >= 15 is 0 Å². The summed E-state index contributed by atoms with van der Waals surface area (Å²) in [4.78, 5) is 0. The average molecular weight is 421 g/mol. The minimum atomic E-state index is 0.127. The van der Waals surface area contributed by atoms with Crippen LogP contribution in [0.2, 0.25) is 0 Å². The van der Waals surface area contributed by atoms with E-state index in [2.05, 4.69) is 126 Å². The third-order valence-corrected chi connectivity index (χ3v) is 6.54. The van der Waals surface area contributed by atoms with Crippen molar-refractivity contribution in [1.82, 2.24) is 0 Å². The van der Waals surface area contributed by atoms with Crippen molar-refractivity contribution in [3.8, 4) is 0 Å². The van der Waals surface area contributed by atoms with Gasteiger partial charge in [0.25, 0.3) is 0 Å². The second kappa shape index (κ2) is 8.42. The van der Waals surface area contributed by atoms with E-state index in [1.807, 2.05) is 0 Å². The molecule has 1 atom stereocenters. The standard InChI is InChI=1S/C31H48/c1-21(22-14-16-24(17-15-22)28(2,3)4)18-23-19-26(30(8,9)10)27(31(11,12)13)20-25(23)29(5,6)7/h14-17,19-21H,18H2,1-13H3. The largest absolute Gasteiger partial charge is 0.0585 e. The van der Waals surface area contributed by atoms with Gasteiger partial charge in [0.2, 0.25) is 0 Å².